The van der Waals surface area contributed by atoms with Gasteiger partial charge in [0.25, 0.3) is 0 Å². The lowest BCUT2D eigenvalue weighted by Crippen LogP contribution is -2.68. The second-order valence-corrected chi connectivity index (χ2v) is 17.3. The van der Waals surface area contributed by atoms with Crippen LogP contribution in [0.25, 0.3) is 0 Å². The third kappa shape index (κ3) is 14.6. The van der Waals surface area contributed by atoms with Gasteiger partial charge in [-0.15, -0.1) is 11.6 Å². The highest BCUT2D eigenvalue weighted by Gasteiger charge is 2.61. The average molecular weight is 995 g/mol. The van der Waals surface area contributed by atoms with Crippen LogP contribution in [0.5, 0.6) is 0 Å². The predicted molar refractivity (Wildman–Crippen MR) is 232 cm³/mol. The van der Waals surface area contributed by atoms with Gasteiger partial charge < -0.3 is 71.1 Å². The van der Waals surface area contributed by atoms with E-state index in [-0.39, 0.29) is 13.2 Å². The fourth-order valence-corrected chi connectivity index (χ4v) is 8.44. The molecule has 0 spiro atoms. The van der Waals surface area contributed by atoms with Crippen molar-refractivity contribution in [2.24, 2.45) is 0 Å². The Morgan fingerprint density at radius 2 is 1.01 bits per heavy atom. The number of halogens is 1. The van der Waals surface area contributed by atoms with Gasteiger partial charge in [0.1, 0.15) is 61.8 Å². The van der Waals surface area contributed by atoms with Gasteiger partial charge in [0.15, 0.2) is 49.1 Å². The average Bonchev–Trinajstić information content (AvgIpc) is 3.62. The lowest BCUT2D eigenvalue weighted by atomic mass is 9.95. The minimum atomic E-state index is -1.65. The van der Waals surface area contributed by atoms with E-state index in [0.29, 0.717) is 11.1 Å². The first-order valence-corrected chi connectivity index (χ1v) is 22.8. The van der Waals surface area contributed by atoms with Gasteiger partial charge in [-0.25, -0.2) is 0 Å². The smallest absolute Gasteiger partial charge is 0.320 e. The zero-order valence-corrected chi connectivity index (χ0v) is 40.2. The number of hydrogen-bond donors (Lipinski definition) is 0. The SMILES string of the molecule is CC(=O)OC[C@H]1O[C@@H](OCc2ccccc2)[C@H](OC(C)=O)[C@@H](O[C@@H]2O[C@@H](C)[C@@H](OC(C)=O)[C@@H](OC(C)=O)[C@@H]2OCc2ccccc2)[C@@H]1O[C@@H]1O[C@H](COC(=O)CCl)[C@@H]2OC(C)(C)O[C@@H]2[C@H]1OC(C)=O. The Kier molecular flexibility index (Phi) is 18.9. The molecule has 0 unspecified atom stereocenters. The Bertz CT molecular complexity index is 2060. The number of hydrogen-bond acceptors (Lipinski definition) is 21. The topological polar surface area (TPSA) is 241 Å². The molecule has 0 radical (unpaired) electrons. The van der Waals surface area contributed by atoms with Crippen molar-refractivity contribution in [3.05, 3.63) is 71.8 Å². The summed E-state index contributed by atoms with van der Waals surface area (Å²) >= 11 is 5.75. The lowest BCUT2D eigenvalue weighted by molar-refractivity contribution is -0.386. The molecule has 0 N–H and O–H groups in total. The van der Waals surface area contributed by atoms with Crippen LogP contribution in [-0.4, -0.2) is 153 Å². The van der Waals surface area contributed by atoms with Crippen molar-refractivity contribution in [3.8, 4) is 0 Å². The highest BCUT2D eigenvalue weighted by atomic mass is 35.5. The summed E-state index contributed by atoms with van der Waals surface area (Å²) < 4.78 is 92.7. The summed E-state index contributed by atoms with van der Waals surface area (Å²) in [5, 5.41) is 0. The van der Waals surface area contributed by atoms with Gasteiger partial charge in [0.05, 0.1) is 19.3 Å². The fraction of sp³-hybridized carbons (Fsp3) is 0.617. The molecule has 0 aromatic heterocycles. The molecule has 0 bridgehead atoms. The van der Waals surface area contributed by atoms with E-state index >= 15 is 0 Å². The molecule has 21 nitrogen and oxygen atoms in total. The summed E-state index contributed by atoms with van der Waals surface area (Å²) in [4.78, 5) is 76.2. The van der Waals surface area contributed by atoms with Gasteiger partial charge in [-0.2, -0.15) is 0 Å². The molecule has 6 rings (SSSR count). The van der Waals surface area contributed by atoms with E-state index in [2.05, 4.69) is 0 Å². The molecule has 0 aliphatic carbocycles. The van der Waals surface area contributed by atoms with Gasteiger partial charge in [-0.3, -0.25) is 28.8 Å². The molecule has 0 amide bonds. The third-order valence-electron chi connectivity index (χ3n) is 11.1. The van der Waals surface area contributed by atoms with Crippen molar-refractivity contribution in [1.82, 2.24) is 0 Å². The molecule has 2 aromatic carbocycles. The number of carbonyl (C=O) groups excluding carboxylic acids is 6. The second-order valence-electron chi connectivity index (χ2n) is 17.0. The summed E-state index contributed by atoms with van der Waals surface area (Å²) in [6, 6.07) is 18.0. The molecule has 4 saturated heterocycles. The monoisotopic (exact) mass is 994 g/mol. The molecule has 4 aliphatic rings. The minimum Gasteiger partial charge on any atom is -0.463 e. The molecular weight excluding hydrogens is 936 g/mol. The zero-order chi connectivity index (χ0) is 50.0. The Balaban J connectivity index is 1.48. The highest BCUT2D eigenvalue weighted by Crippen LogP contribution is 2.42. The van der Waals surface area contributed by atoms with Crippen molar-refractivity contribution in [2.75, 3.05) is 19.1 Å². The van der Waals surface area contributed by atoms with Crippen LogP contribution in [0.2, 0.25) is 0 Å². The summed E-state index contributed by atoms with van der Waals surface area (Å²) in [6.07, 6.45) is -20.5. The molecule has 69 heavy (non-hydrogen) atoms. The summed E-state index contributed by atoms with van der Waals surface area (Å²) in [5.74, 6) is -6.28. The standard InChI is InChI=1S/C47H59ClO21/c1-24-35(60-26(3)50)38(61-27(4)51)41(57-20-30-15-11-9-12-16-30)45(59-24)67-39-36(32(22-55-25(2)49)64-44(42(39)62-28(5)52)58-21-31-17-13-10-14-18-31)66-46-43(63-29(6)53)40-37(68-47(7,8)69-40)33(65-46)23-56-34(54)19-48/h9-18,24,32-33,35-46H,19-23H2,1-8H3/t24-,32+,33+,35+,36+,37-,38+,39-,40-,41-,42+,43+,44+,45-,46-/m0/s1. The Morgan fingerprint density at radius 3 is 1.59 bits per heavy atom. The number of alkyl halides is 1. The molecule has 0 saturated carbocycles. The van der Waals surface area contributed by atoms with Crippen molar-refractivity contribution in [3.63, 3.8) is 0 Å². The Morgan fingerprint density at radius 1 is 0.522 bits per heavy atom. The summed E-state index contributed by atoms with van der Waals surface area (Å²) in [7, 11) is 0. The third-order valence-corrected chi connectivity index (χ3v) is 11.3. The van der Waals surface area contributed by atoms with Crippen molar-refractivity contribution >= 4 is 47.4 Å². The number of benzene rings is 2. The van der Waals surface area contributed by atoms with Crippen LogP contribution in [0, 0.1) is 0 Å². The van der Waals surface area contributed by atoms with Gasteiger partial charge in [-0.05, 0) is 31.9 Å². The molecule has 380 valence electrons. The highest BCUT2D eigenvalue weighted by molar-refractivity contribution is 6.26. The van der Waals surface area contributed by atoms with Gasteiger partial charge in [0.2, 0.25) is 0 Å². The van der Waals surface area contributed by atoms with E-state index in [9.17, 15) is 28.8 Å². The van der Waals surface area contributed by atoms with Crippen LogP contribution < -0.4 is 0 Å². The van der Waals surface area contributed by atoms with Crippen LogP contribution in [0.15, 0.2) is 60.7 Å². The number of esters is 6. The van der Waals surface area contributed by atoms with Crippen LogP contribution in [0.4, 0.5) is 0 Å². The molecule has 22 heteroatoms. The normalized spacial score (nSPS) is 32.7. The maximum atomic E-state index is 13.2. The summed E-state index contributed by atoms with van der Waals surface area (Å²) in [6.45, 7) is 9.50. The van der Waals surface area contributed by atoms with E-state index in [1.807, 2.05) is 12.1 Å². The maximum Gasteiger partial charge on any atom is 0.320 e. The molecule has 4 fully saturated rings. The molecule has 15 atom stereocenters. The molecular formula is C47H59ClO21. The predicted octanol–water partition coefficient (Wildman–Crippen LogP) is 3.35. The molecule has 4 aliphatic heterocycles. The van der Waals surface area contributed by atoms with E-state index < -0.39 is 153 Å². The van der Waals surface area contributed by atoms with E-state index in [0.717, 1.165) is 13.8 Å². The van der Waals surface area contributed by atoms with Gasteiger partial charge >= 0.3 is 35.8 Å². The van der Waals surface area contributed by atoms with Crippen LogP contribution in [0.1, 0.15) is 66.5 Å². The quantitative estimate of drug-likeness (QED) is 0.111. The first kappa shape index (κ1) is 53.5. The van der Waals surface area contributed by atoms with E-state index in [4.69, 9.17) is 82.7 Å². The summed E-state index contributed by atoms with van der Waals surface area (Å²) in [5.41, 5.74) is 1.39. The Hall–Kier alpha value is -4.81. The van der Waals surface area contributed by atoms with Crippen LogP contribution in [0.3, 0.4) is 0 Å². The largest absolute Gasteiger partial charge is 0.463 e. The van der Waals surface area contributed by atoms with Crippen molar-refractivity contribution in [2.45, 2.75) is 167 Å². The molecule has 4 heterocycles. The Labute approximate surface area is 403 Å². The lowest BCUT2D eigenvalue weighted by Gasteiger charge is -2.50. The zero-order valence-electron chi connectivity index (χ0n) is 39.4. The minimum absolute atomic E-state index is 0.0840. The van der Waals surface area contributed by atoms with Gasteiger partial charge in [0, 0.05) is 34.6 Å². The molecule has 2 aromatic rings. The number of rotatable bonds is 19. The van der Waals surface area contributed by atoms with E-state index in [1.165, 1.54) is 20.8 Å². The van der Waals surface area contributed by atoms with Crippen molar-refractivity contribution < 1.29 is 99.8 Å². The van der Waals surface area contributed by atoms with Gasteiger partial charge in [-0.1, -0.05) is 60.7 Å². The fourth-order valence-electron chi connectivity index (χ4n) is 8.36. The second kappa shape index (κ2) is 24.3. The van der Waals surface area contributed by atoms with E-state index in [1.54, 1.807) is 69.3 Å². The number of carbonyl (C=O) groups is 6. The van der Waals surface area contributed by atoms with Crippen LogP contribution in [-0.2, 0) is 113 Å². The first-order valence-electron chi connectivity index (χ1n) is 22.3. The number of fused-ring (bicyclic) bond motifs is 1. The maximum absolute atomic E-state index is 13.2. The van der Waals surface area contributed by atoms with Crippen LogP contribution >= 0.6 is 11.6 Å². The van der Waals surface area contributed by atoms with Crippen molar-refractivity contribution in [1.29, 1.82) is 0 Å². The first-order chi connectivity index (χ1) is 32.8. The number of ether oxygens (including phenoxy) is 15.